The number of nitrogens with one attached hydrogen (secondary N) is 1. The number of para-hydroxylation sites is 1. The molecule has 1 N–H and O–H groups in total. The highest BCUT2D eigenvalue weighted by molar-refractivity contribution is 5.62. The zero-order chi connectivity index (χ0) is 19.3. The predicted octanol–water partition coefficient (Wildman–Crippen LogP) is 3.04. The minimum atomic E-state index is 0.543. The van der Waals surface area contributed by atoms with Crippen LogP contribution >= 0.6 is 0 Å². The molecule has 4 rings (SSSR count). The molecule has 28 heavy (non-hydrogen) atoms. The number of anilines is 3. The van der Waals surface area contributed by atoms with Gasteiger partial charge in [0.05, 0.1) is 7.11 Å². The fourth-order valence-electron chi connectivity index (χ4n) is 3.09. The molecule has 1 aliphatic heterocycles. The molecule has 1 aromatic heterocycles. The van der Waals surface area contributed by atoms with Crippen molar-refractivity contribution in [3.05, 3.63) is 54.6 Å². The van der Waals surface area contributed by atoms with Gasteiger partial charge in [0.1, 0.15) is 5.75 Å². The van der Waals surface area contributed by atoms with E-state index in [4.69, 9.17) is 9.72 Å². The van der Waals surface area contributed by atoms with Crippen molar-refractivity contribution in [2.45, 2.75) is 0 Å². The molecule has 0 saturated carbocycles. The van der Waals surface area contributed by atoms with E-state index in [1.807, 2.05) is 54.6 Å². The molecule has 7 heteroatoms. The van der Waals surface area contributed by atoms with E-state index in [0.717, 1.165) is 43.2 Å². The van der Waals surface area contributed by atoms with Crippen molar-refractivity contribution in [3.63, 3.8) is 0 Å². The molecule has 144 valence electrons. The Morgan fingerprint density at radius 1 is 0.857 bits per heavy atom. The van der Waals surface area contributed by atoms with Crippen molar-refractivity contribution in [2.75, 3.05) is 50.6 Å². The standard InChI is InChI=1S/C21H24N6O/c1-26-12-14-27(15-13-26)21-24-19(16-8-10-18(28-2)11-9-16)23-20(25-21)22-17-6-4-3-5-7-17/h3-11H,12-15H2,1-2H3,(H,22,23,24,25). The van der Waals surface area contributed by atoms with E-state index in [0.29, 0.717) is 17.7 Å². The van der Waals surface area contributed by atoms with E-state index in [9.17, 15) is 0 Å². The van der Waals surface area contributed by atoms with Gasteiger partial charge in [-0.2, -0.15) is 15.0 Å². The minimum Gasteiger partial charge on any atom is -0.497 e. The summed E-state index contributed by atoms with van der Waals surface area (Å²) in [5.41, 5.74) is 1.87. The van der Waals surface area contributed by atoms with E-state index in [1.54, 1.807) is 7.11 Å². The zero-order valence-corrected chi connectivity index (χ0v) is 16.2. The van der Waals surface area contributed by atoms with Crippen molar-refractivity contribution in [2.24, 2.45) is 0 Å². The van der Waals surface area contributed by atoms with Crippen LogP contribution in [0.1, 0.15) is 0 Å². The Kier molecular flexibility index (Phi) is 5.34. The lowest BCUT2D eigenvalue weighted by molar-refractivity contribution is 0.311. The number of hydrogen-bond donors (Lipinski definition) is 1. The lowest BCUT2D eigenvalue weighted by Gasteiger charge is -2.32. The second-order valence-electron chi connectivity index (χ2n) is 6.79. The Bertz CT molecular complexity index is 908. The van der Waals surface area contributed by atoms with Gasteiger partial charge in [0, 0.05) is 37.4 Å². The van der Waals surface area contributed by atoms with Gasteiger partial charge >= 0.3 is 0 Å². The second-order valence-corrected chi connectivity index (χ2v) is 6.79. The van der Waals surface area contributed by atoms with Gasteiger partial charge in [-0.05, 0) is 43.4 Å². The summed E-state index contributed by atoms with van der Waals surface area (Å²) in [6.45, 7) is 3.77. The summed E-state index contributed by atoms with van der Waals surface area (Å²) in [5.74, 6) is 2.69. The van der Waals surface area contributed by atoms with Crippen LogP contribution in [0.15, 0.2) is 54.6 Å². The number of ether oxygens (including phenoxy) is 1. The molecular weight excluding hydrogens is 352 g/mol. The van der Waals surface area contributed by atoms with E-state index in [2.05, 4.69) is 32.1 Å². The maximum Gasteiger partial charge on any atom is 0.232 e. The lowest BCUT2D eigenvalue weighted by atomic mass is 10.2. The summed E-state index contributed by atoms with van der Waals surface area (Å²) in [5, 5.41) is 3.30. The number of benzene rings is 2. The number of aromatic nitrogens is 3. The summed E-state index contributed by atoms with van der Waals surface area (Å²) in [7, 11) is 3.79. The number of piperazine rings is 1. The number of nitrogens with zero attached hydrogens (tertiary/aromatic N) is 5. The molecule has 3 aromatic rings. The summed E-state index contributed by atoms with van der Waals surface area (Å²) in [4.78, 5) is 18.6. The molecule has 0 aliphatic carbocycles. The first kappa shape index (κ1) is 18.2. The van der Waals surface area contributed by atoms with Gasteiger partial charge in [0.25, 0.3) is 0 Å². The Hall–Kier alpha value is -3.19. The summed E-state index contributed by atoms with van der Waals surface area (Å²) in [6, 6.07) is 17.7. The first-order valence-corrected chi connectivity index (χ1v) is 9.37. The molecule has 0 bridgehead atoms. The van der Waals surface area contributed by atoms with Crippen LogP contribution in [0.5, 0.6) is 5.75 Å². The Morgan fingerprint density at radius 3 is 2.25 bits per heavy atom. The molecule has 0 unspecified atom stereocenters. The van der Waals surface area contributed by atoms with Gasteiger partial charge < -0.3 is 19.9 Å². The largest absolute Gasteiger partial charge is 0.497 e. The highest BCUT2D eigenvalue weighted by atomic mass is 16.5. The van der Waals surface area contributed by atoms with E-state index in [1.165, 1.54) is 0 Å². The molecule has 0 atom stereocenters. The SMILES string of the molecule is COc1ccc(-c2nc(Nc3ccccc3)nc(N3CCN(C)CC3)n2)cc1. The van der Waals surface area contributed by atoms with Crippen molar-refractivity contribution in [1.29, 1.82) is 0 Å². The molecule has 7 nitrogen and oxygen atoms in total. The van der Waals surface area contributed by atoms with Crippen molar-refractivity contribution >= 4 is 17.6 Å². The molecule has 2 heterocycles. The quantitative estimate of drug-likeness (QED) is 0.734. The van der Waals surface area contributed by atoms with Crippen molar-refractivity contribution in [3.8, 4) is 17.1 Å². The normalized spacial score (nSPS) is 14.7. The van der Waals surface area contributed by atoms with Gasteiger partial charge in [-0.1, -0.05) is 18.2 Å². The van der Waals surface area contributed by atoms with Crippen LogP contribution < -0.4 is 15.0 Å². The van der Waals surface area contributed by atoms with Crippen LogP contribution in [0.2, 0.25) is 0 Å². The molecule has 1 fully saturated rings. The first-order chi connectivity index (χ1) is 13.7. The number of likely N-dealkylation sites (N-methyl/N-ethyl adjacent to an activating group) is 1. The molecule has 2 aromatic carbocycles. The van der Waals surface area contributed by atoms with Gasteiger partial charge in [0.15, 0.2) is 5.82 Å². The highest BCUT2D eigenvalue weighted by Crippen LogP contribution is 2.24. The molecule has 0 amide bonds. The molecule has 1 aliphatic rings. The fraction of sp³-hybridized carbons (Fsp3) is 0.286. The third kappa shape index (κ3) is 4.20. The van der Waals surface area contributed by atoms with Crippen LogP contribution in [0.4, 0.5) is 17.6 Å². The maximum atomic E-state index is 5.26. The van der Waals surface area contributed by atoms with Crippen molar-refractivity contribution in [1.82, 2.24) is 19.9 Å². The van der Waals surface area contributed by atoms with Crippen LogP contribution in [-0.2, 0) is 0 Å². The van der Waals surface area contributed by atoms with E-state index >= 15 is 0 Å². The Balaban J connectivity index is 1.69. The van der Waals surface area contributed by atoms with E-state index in [-0.39, 0.29) is 0 Å². The summed E-state index contributed by atoms with van der Waals surface area (Å²) >= 11 is 0. The first-order valence-electron chi connectivity index (χ1n) is 9.37. The third-order valence-electron chi connectivity index (χ3n) is 4.79. The third-order valence-corrected chi connectivity index (χ3v) is 4.79. The van der Waals surface area contributed by atoms with Crippen LogP contribution in [0.25, 0.3) is 11.4 Å². The average molecular weight is 376 g/mol. The second kappa shape index (κ2) is 8.22. The molecule has 0 radical (unpaired) electrons. The van der Waals surface area contributed by atoms with Crippen LogP contribution in [-0.4, -0.2) is 60.2 Å². The van der Waals surface area contributed by atoms with Gasteiger partial charge in [-0.15, -0.1) is 0 Å². The lowest BCUT2D eigenvalue weighted by Crippen LogP contribution is -2.45. The highest BCUT2D eigenvalue weighted by Gasteiger charge is 2.19. The van der Waals surface area contributed by atoms with Gasteiger partial charge in [-0.3, -0.25) is 0 Å². The number of hydrogen-bond acceptors (Lipinski definition) is 7. The van der Waals surface area contributed by atoms with Crippen molar-refractivity contribution < 1.29 is 4.74 Å². The topological polar surface area (TPSA) is 66.4 Å². The van der Waals surface area contributed by atoms with Crippen LogP contribution in [0, 0.1) is 0 Å². The Labute approximate surface area is 165 Å². The molecule has 1 saturated heterocycles. The minimum absolute atomic E-state index is 0.543. The predicted molar refractivity (Wildman–Crippen MR) is 111 cm³/mol. The van der Waals surface area contributed by atoms with Gasteiger partial charge in [-0.25, -0.2) is 0 Å². The number of rotatable bonds is 5. The van der Waals surface area contributed by atoms with Crippen LogP contribution in [0.3, 0.4) is 0 Å². The zero-order valence-electron chi connectivity index (χ0n) is 16.2. The smallest absolute Gasteiger partial charge is 0.232 e. The monoisotopic (exact) mass is 376 g/mol. The van der Waals surface area contributed by atoms with Gasteiger partial charge in [0.2, 0.25) is 11.9 Å². The average Bonchev–Trinajstić information content (AvgIpc) is 2.75. The Morgan fingerprint density at radius 2 is 1.57 bits per heavy atom. The summed E-state index contributed by atoms with van der Waals surface area (Å²) in [6.07, 6.45) is 0. The molecule has 0 spiro atoms. The summed E-state index contributed by atoms with van der Waals surface area (Å²) < 4.78 is 5.26. The maximum absolute atomic E-state index is 5.26. The fourth-order valence-corrected chi connectivity index (χ4v) is 3.09. The number of methoxy groups -OCH3 is 1. The van der Waals surface area contributed by atoms with E-state index < -0.39 is 0 Å². The molecular formula is C21H24N6O.